The molecule has 0 aliphatic rings. The molecule has 15 heavy (non-hydrogen) atoms. The molecule has 0 bridgehead atoms. The Morgan fingerprint density at radius 2 is 2.07 bits per heavy atom. The maximum atomic E-state index is 13.0. The smallest absolute Gasteiger partial charge is 1.00 e. The predicted molar refractivity (Wildman–Crippen MR) is 51.3 cm³/mol. The van der Waals surface area contributed by atoms with E-state index in [9.17, 15) is 8.78 Å². The van der Waals surface area contributed by atoms with Crippen LogP contribution >= 0.6 is 0 Å². The predicted octanol–water partition coefficient (Wildman–Crippen LogP) is -0.435. The normalized spacial score (nSPS) is 10.9. The summed E-state index contributed by atoms with van der Waals surface area (Å²) in [6.45, 7) is 3.74. The van der Waals surface area contributed by atoms with E-state index in [4.69, 9.17) is 4.74 Å². The summed E-state index contributed by atoms with van der Waals surface area (Å²) in [7, 11) is 0. The van der Waals surface area contributed by atoms with Crippen molar-refractivity contribution in [1.82, 2.24) is 0 Å². The van der Waals surface area contributed by atoms with Crippen LogP contribution in [0.3, 0.4) is 0 Å². The van der Waals surface area contributed by atoms with Crippen LogP contribution in [-0.2, 0) is 0 Å². The average Bonchev–Trinajstić information content (AvgIpc) is 2.09. The van der Waals surface area contributed by atoms with Gasteiger partial charge in [0, 0.05) is 11.6 Å². The van der Waals surface area contributed by atoms with Crippen LogP contribution in [0.4, 0.5) is 8.78 Å². The third-order valence-electron chi connectivity index (χ3n) is 1.72. The second-order valence-electron chi connectivity index (χ2n) is 2.83. The Morgan fingerprint density at radius 1 is 1.47 bits per heavy atom. The zero-order chi connectivity index (χ0) is 9.84. The van der Waals surface area contributed by atoms with E-state index in [0.29, 0.717) is 0 Å². The monoisotopic (exact) mass is 288 g/mol. The molecule has 0 heterocycles. The molecular weight excluding hydrogens is 278 g/mol. The van der Waals surface area contributed by atoms with E-state index < -0.39 is 11.6 Å². The van der Waals surface area contributed by atoms with Crippen LogP contribution < -0.4 is 21.7 Å². The minimum Gasteiger partial charge on any atom is -1.00 e. The van der Waals surface area contributed by atoms with Crippen molar-refractivity contribution >= 4 is 23.1 Å². The van der Waals surface area contributed by atoms with Crippen molar-refractivity contribution in [2.24, 2.45) is 0 Å². The van der Waals surface area contributed by atoms with Gasteiger partial charge in [0.05, 0.1) is 11.9 Å². The molecule has 0 radical (unpaired) electrons. The van der Waals surface area contributed by atoms with Crippen molar-refractivity contribution in [2.75, 3.05) is 0 Å². The number of halogens is 3. The molecular formula is C10H11BrF2MgO. The standard InChI is InChI=1S/C10H11F2O.BrH.Mg/c1-3-7(2)13-10-5-4-8(11)6-9(10)12;;/h4,6-7H,3H2,1-2H3;1H;/q-1;;+2/p-1. The van der Waals surface area contributed by atoms with Gasteiger partial charge in [0.25, 0.3) is 0 Å². The SMILES string of the molecule is CCC(C)Oc1[c-]cc(F)cc1F.[Br-].[Mg+2]. The van der Waals surface area contributed by atoms with Crippen molar-refractivity contribution in [3.05, 3.63) is 29.8 Å². The van der Waals surface area contributed by atoms with Crippen LogP contribution in [0.2, 0.25) is 0 Å². The van der Waals surface area contributed by atoms with Crippen LogP contribution in [0.25, 0.3) is 0 Å². The second kappa shape index (κ2) is 8.30. The molecule has 1 rings (SSSR count). The number of rotatable bonds is 3. The van der Waals surface area contributed by atoms with Gasteiger partial charge in [0.2, 0.25) is 0 Å². The Balaban J connectivity index is 0. The summed E-state index contributed by atoms with van der Waals surface area (Å²) in [6, 6.07) is 4.24. The summed E-state index contributed by atoms with van der Waals surface area (Å²) in [6.07, 6.45) is 0.682. The fourth-order valence-electron chi connectivity index (χ4n) is 0.807. The van der Waals surface area contributed by atoms with Crippen LogP contribution in [0, 0.1) is 17.7 Å². The molecule has 1 unspecified atom stereocenters. The first-order chi connectivity index (χ1) is 6.13. The van der Waals surface area contributed by atoms with Gasteiger partial charge in [-0.15, -0.1) is 12.1 Å². The van der Waals surface area contributed by atoms with Crippen molar-refractivity contribution in [3.63, 3.8) is 0 Å². The molecule has 0 saturated heterocycles. The first-order valence-electron chi connectivity index (χ1n) is 4.17. The maximum absolute atomic E-state index is 13.0. The molecule has 0 saturated carbocycles. The van der Waals surface area contributed by atoms with E-state index in [1.165, 1.54) is 0 Å². The number of ether oxygens (including phenoxy) is 1. The topological polar surface area (TPSA) is 9.23 Å². The van der Waals surface area contributed by atoms with Gasteiger partial charge in [-0.25, -0.2) is 0 Å². The molecule has 80 valence electrons. The molecule has 0 spiro atoms. The fourth-order valence-corrected chi connectivity index (χ4v) is 0.807. The molecule has 1 aromatic rings. The van der Waals surface area contributed by atoms with Gasteiger partial charge in [-0.1, -0.05) is 13.0 Å². The van der Waals surface area contributed by atoms with Gasteiger partial charge in [-0.05, 0) is 13.3 Å². The molecule has 0 N–H and O–H groups in total. The molecule has 0 aliphatic heterocycles. The molecule has 0 aliphatic carbocycles. The number of hydrogen-bond donors (Lipinski definition) is 0. The molecule has 1 nitrogen and oxygen atoms in total. The number of benzene rings is 1. The Labute approximate surface area is 115 Å². The van der Waals surface area contributed by atoms with Crippen molar-refractivity contribution in [1.29, 1.82) is 0 Å². The van der Waals surface area contributed by atoms with Crippen molar-refractivity contribution in [3.8, 4) is 5.75 Å². The quantitative estimate of drug-likeness (QED) is 0.542. The largest absolute Gasteiger partial charge is 2.00 e. The Morgan fingerprint density at radius 3 is 2.53 bits per heavy atom. The molecule has 0 amide bonds. The molecule has 1 atom stereocenters. The van der Waals surface area contributed by atoms with E-state index >= 15 is 0 Å². The summed E-state index contributed by atoms with van der Waals surface area (Å²) >= 11 is 0. The molecule has 5 heteroatoms. The van der Waals surface area contributed by atoms with E-state index in [1.807, 2.05) is 13.8 Å². The van der Waals surface area contributed by atoms with Crippen LogP contribution in [0.5, 0.6) is 5.75 Å². The summed E-state index contributed by atoms with van der Waals surface area (Å²) in [4.78, 5) is 0. The van der Waals surface area contributed by atoms with Crippen LogP contribution in [0.1, 0.15) is 20.3 Å². The van der Waals surface area contributed by atoms with Crippen molar-refractivity contribution in [2.45, 2.75) is 26.4 Å². The Bertz CT molecular complexity index is 297. The van der Waals surface area contributed by atoms with Crippen molar-refractivity contribution < 1.29 is 30.5 Å². The summed E-state index contributed by atoms with van der Waals surface area (Å²) < 4.78 is 30.5. The Hall–Kier alpha value is 0.126. The van der Waals surface area contributed by atoms with Gasteiger partial charge in [0.15, 0.2) is 0 Å². The minimum absolute atomic E-state index is 0. The van der Waals surface area contributed by atoms with E-state index in [0.717, 1.165) is 18.6 Å². The first kappa shape index (κ1) is 17.5. The second-order valence-corrected chi connectivity index (χ2v) is 2.83. The minimum atomic E-state index is -0.708. The summed E-state index contributed by atoms with van der Waals surface area (Å²) in [5.74, 6) is -1.37. The van der Waals surface area contributed by atoms with Gasteiger partial charge in [0.1, 0.15) is 0 Å². The van der Waals surface area contributed by atoms with Gasteiger partial charge >= 0.3 is 23.1 Å². The van der Waals surface area contributed by atoms with E-state index in [-0.39, 0.29) is 51.9 Å². The van der Waals surface area contributed by atoms with E-state index in [1.54, 1.807) is 0 Å². The number of hydrogen-bond acceptors (Lipinski definition) is 1. The molecule has 0 aromatic heterocycles. The maximum Gasteiger partial charge on any atom is 2.00 e. The third-order valence-corrected chi connectivity index (χ3v) is 1.72. The molecule has 0 fully saturated rings. The fraction of sp³-hybridized carbons (Fsp3) is 0.400. The van der Waals surface area contributed by atoms with Gasteiger partial charge in [-0.2, -0.15) is 0 Å². The van der Waals surface area contributed by atoms with Crippen LogP contribution in [0.15, 0.2) is 12.1 Å². The van der Waals surface area contributed by atoms with Gasteiger partial charge < -0.3 is 21.7 Å². The molecule has 1 aromatic carbocycles. The Kier molecular flexibility index (Phi) is 9.69. The van der Waals surface area contributed by atoms with Gasteiger partial charge in [-0.3, -0.25) is 8.78 Å². The summed E-state index contributed by atoms with van der Waals surface area (Å²) in [5.41, 5.74) is 0. The summed E-state index contributed by atoms with van der Waals surface area (Å²) in [5, 5.41) is 0. The average molecular weight is 289 g/mol. The van der Waals surface area contributed by atoms with Crippen LogP contribution in [-0.4, -0.2) is 29.2 Å². The van der Waals surface area contributed by atoms with E-state index in [2.05, 4.69) is 6.07 Å². The zero-order valence-corrected chi connectivity index (χ0v) is 11.7. The zero-order valence-electron chi connectivity index (χ0n) is 8.69. The first-order valence-corrected chi connectivity index (χ1v) is 4.17. The third kappa shape index (κ3) is 5.68.